The molecule has 0 unspecified atom stereocenters. The van der Waals surface area contributed by atoms with Crippen LogP contribution in [-0.2, 0) is 0 Å². The highest BCUT2D eigenvalue weighted by molar-refractivity contribution is 6.30. The fraction of sp³-hybridized carbons (Fsp3) is 0.500. The molecule has 0 radical (unpaired) electrons. The topological polar surface area (TPSA) is 26.0 Å². The van der Waals surface area contributed by atoms with Crippen LogP contribution in [0.1, 0.15) is 38.3 Å². The van der Waals surface area contributed by atoms with Crippen molar-refractivity contribution in [3.8, 4) is 0 Å². The molecule has 0 aliphatic rings. The van der Waals surface area contributed by atoms with Gasteiger partial charge in [0.15, 0.2) is 0 Å². The molecule has 1 aromatic rings. The third-order valence-electron chi connectivity index (χ3n) is 2.51. The predicted octanol–water partition coefficient (Wildman–Crippen LogP) is 4.05. The second-order valence-corrected chi connectivity index (χ2v) is 4.74. The van der Waals surface area contributed by atoms with Gasteiger partial charge in [-0.1, -0.05) is 25.4 Å². The van der Waals surface area contributed by atoms with E-state index in [-0.39, 0.29) is 10.6 Å². The Morgan fingerprint density at radius 3 is 2.44 bits per heavy atom. The molecular weight excluding hydrogens is 232 g/mol. The van der Waals surface area contributed by atoms with Crippen LogP contribution in [0.4, 0.5) is 8.78 Å². The van der Waals surface area contributed by atoms with E-state index in [0.29, 0.717) is 12.3 Å². The lowest BCUT2D eigenvalue weighted by Gasteiger charge is -2.15. The van der Waals surface area contributed by atoms with Crippen molar-refractivity contribution in [3.63, 3.8) is 0 Å². The highest BCUT2D eigenvalue weighted by Crippen LogP contribution is 2.28. The molecule has 0 aliphatic carbocycles. The molecule has 0 heterocycles. The first kappa shape index (κ1) is 13.4. The average Bonchev–Trinajstić information content (AvgIpc) is 2.21. The summed E-state index contributed by atoms with van der Waals surface area (Å²) >= 11 is 5.60. The van der Waals surface area contributed by atoms with Gasteiger partial charge in [-0.3, -0.25) is 0 Å². The highest BCUT2D eigenvalue weighted by Gasteiger charge is 2.19. The smallest absolute Gasteiger partial charge is 0.149 e. The van der Waals surface area contributed by atoms with Crippen molar-refractivity contribution >= 4 is 11.6 Å². The largest absolute Gasteiger partial charge is 0.324 e. The lowest BCUT2D eigenvalue weighted by atomic mass is 9.97. The summed E-state index contributed by atoms with van der Waals surface area (Å²) in [5.41, 5.74) is 5.67. The van der Waals surface area contributed by atoms with E-state index >= 15 is 0 Å². The van der Waals surface area contributed by atoms with E-state index < -0.39 is 17.7 Å². The maximum Gasteiger partial charge on any atom is 0.149 e. The summed E-state index contributed by atoms with van der Waals surface area (Å²) < 4.78 is 27.0. The van der Waals surface area contributed by atoms with E-state index in [1.54, 1.807) is 0 Å². The number of nitrogens with two attached hydrogens (primary N) is 1. The van der Waals surface area contributed by atoms with Crippen LogP contribution in [0, 0.1) is 17.6 Å². The van der Waals surface area contributed by atoms with Gasteiger partial charge in [0, 0.05) is 11.6 Å². The number of benzene rings is 1. The van der Waals surface area contributed by atoms with Crippen LogP contribution in [0.2, 0.25) is 5.02 Å². The van der Waals surface area contributed by atoms with E-state index in [1.807, 2.05) is 13.8 Å². The van der Waals surface area contributed by atoms with Crippen molar-refractivity contribution in [2.45, 2.75) is 32.7 Å². The summed E-state index contributed by atoms with van der Waals surface area (Å²) in [6.07, 6.45) is 1.37. The summed E-state index contributed by atoms with van der Waals surface area (Å²) in [6, 6.07) is 1.71. The zero-order valence-electron chi connectivity index (χ0n) is 9.43. The third-order valence-corrected chi connectivity index (χ3v) is 2.80. The summed E-state index contributed by atoms with van der Waals surface area (Å²) in [4.78, 5) is 0. The second-order valence-electron chi connectivity index (χ2n) is 4.33. The maximum absolute atomic E-state index is 13.6. The Hall–Kier alpha value is -0.670. The quantitative estimate of drug-likeness (QED) is 0.798. The monoisotopic (exact) mass is 247 g/mol. The van der Waals surface area contributed by atoms with Crippen LogP contribution < -0.4 is 5.73 Å². The molecule has 4 heteroatoms. The van der Waals surface area contributed by atoms with Gasteiger partial charge in [0.25, 0.3) is 0 Å². The summed E-state index contributed by atoms with van der Waals surface area (Å²) in [5.74, 6) is -0.910. The SMILES string of the molecule is CC(C)CC[C@@H](N)c1c(F)ccc(Cl)c1F. The molecule has 0 aromatic heterocycles. The van der Waals surface area contributed by atoms with Gasteiger partial charge in [0.05, 0.1) is 5.02 Å². The number of halogens is 3. The number of hydrogen-bond donors (Lipinski definition) is 1. The Bertz CT molecular complexity index is 366. The lowest BCUT2D eigenvalue weighted by molar-refractivity contribution is 0.469. The molecule has 0 spiro atoms. The van der Waals surface area contributed by atoms with Crippen molar-refractivity contribution < 1.29 is 8.78 Å². The van der Waals surface area contributed by atoms with Gasteiger partial charge < -0.3 is 5.73 Å². The molecule has 1 rings (SSSR count). The molecule has 0 bridgehead atoms. The molecule has 0 amide bonds. The lowest BCUT2D eigenvalue weighted by Crippen LogP contribution is -2.15. The molecular formula is C12H16ClF2N. The molecule has 2 N–H and O–H groups in total. The van der Waals surface area contributed by atoms with Crippen LogP contribution in [0.25, 0.3) is 0 Å². The zero-order chi connectivity index (χ0) is 12.3. The first-order valence-electron chi connectivity index (χ1n) is 5.32. The van der Waals surface area contributed by atoms with Crippen LogP contribution in [0.15, 0.2) is 12.1 Å². The fourth-order valence-electron chi connectivity index (χ4n) is 1.54. The first-order chi connectivity index (χ1) is 7.43. The van der Waals surface area contributed by atoms with Crippen LogP contribution in [0.5, 0.6) is 0 Å². The molecule has 1 aromatic carbocycles. The Balaban J connectivity index is 2.90. The Morgan fingerprint density at radius 1 is 1.25 bits per heavy atom. The van der Waals surface area contributed by atoms with Gasteiger partial charge in [-0.15, -0.1) is 0 Å². The Morgan fingerprint density at radius 2 is 1.88 bits per heavy atom. The van der Waals surface area contributed by atoms with Crippen molar-refractivity contribution in [1.82, 2.24) is 0 Å². The van der Waals surface area contributed by atoms with Crippen LogP contribution >= 0.6 is 11.6 Å². The van der Waals surface area contributed by atoms with Crippen molar-refractivity contribution in [3.05, 3.63) is 34.4 Å². The summed E-state index contributed by atoms with van der Waals surface area (Å²) in [7, 11) is 0. The standard InChI is InChI=1S/C12H16ClF2N/c1-7(2)3-6-10(16)11-9(14)5-4-8(13)12(11)15/h4-5,7,10H,3,6,16H2,1-2H3/t10-/m1/s1. The van der Waals surface area contributed by atoms with E-state index in [0.717, 1.165) is 12.5 Å². The van der Waals surface area contributed by atoms with Gasteiger partial charge in [-0.25, -0.2) is 8.78 Å². The maximum atomic E-state index is 13.6. The molecule has 0 fully saturated rings. The minimum atomic E-state index is -0.738. The van der Waals surface area contributed by atoms with Gasteiger partial charge in [-0.05, 0) is 30.9 Å². The van der Waals surface area contributed by atoms with E-state index in [2.05, 4.69) is 0 Å². The second kappa shape index (κ2) is 5.60. The molecule has 0 saturated heterocycles. The normalized spacial score (nSPS) is 13.2. The third kappa shape index (κ3) is 3.16. The molecule has 0 saturated carbocycles. The van der Waals surface area contributed by atoms with E-state index in [9.17, 15) is 8.78 Å². The van der Waals surface area contributed by atoms with Gasteiger partial charge in [0.1, 0.15) is 11.6 Å². The van der Waals surface area contributed by atoms with Crippen molar-refractivity contribution in [2.75, 3.05) is 0 Å². The van der Waals surface area contributed by atoms with Gasteiger partial charge in [0.2, 0.25) is 0 Å². The Labute approximate surface area is 99.6 Å². The number of rotatable bonds is 4. The highest BCUT2D eigenvalue weighted by atomic mass is 35.5. The van der Waals surface area contributed by atoms with E-state index in [4.69, 9.17) is 17.3 Å². The van der Waals surface area contributed by atoms with E-state index in [1.165, 1.54) is 6.07 Å². The Kier molecular flexibility index (Phi) is 4.69. The van der Waals surface area contributed by atoms with Gasteiger partial charge in [-0.2, -0.15) is 0 Å². The molecule has 90 valence electrons. The minimum absolute atomic E-state index is 0.0867. The van der Waals surface area contributed by atoms with Crippen LogP contribution in [-0.4, -0.2) is 0 Å². The molecule has 1 nitrogen and oxygen atoms in total. The fourth-order valence-corrected chi connectivity index (χ4v) is 1.70. The minimum Gasteiger partial charge on any atom is -0.324 e. The van der Waals surface area contributed by atoms with Crippen molar-refractivity contribution in [1.29, 1.82) is 0 Å². The number of hydrogen-bond acceptors (Lipinski definition) is 1. The summed E-state index contributed by atoms with van der Waals surface area (Å²) in [6.45, 7) is 4.08. The predicted molar refractivity (Wildman–Crippen MR) is 62.4 cm³/mol. The van der Waals surface area contributed by atoms with Crippen LogP contribution in [0.3, 0.4) is 0 Å². The molecule has 0 aliphatic heterocycles. The molecule has 16 heavy (non-hydrogen) atoms. The summed E-state index contributed by atoms with van der Waals surface area (Å²) in [5, 5.41) is -0.0867. The zero-order valence-corrected chi connectivity index (χ0v) is 10.2. The van der Waals surface area contributed by atoms with Gasteiger partial charge >= 0.3 is 0 Å². The average molecular weight is 248 g/mol. The van der Waals surface area contributed by atoms with Crippen molar-refractivity contribution in [2.24, 2.45) is 11.7 Å². The molecule has 1 atom stereocenters. The first-order valence-corrected chi connectivity index (χ1v) is 5.70.